The minimum Gasteiger partial charge on any atom is -0.467 e. The second-order valence-corrected chi connectivity index (χ2v) is 8.81. The summed E-state index contributed by atoms with van der Waals surface area (Å²) in [5, 5.41) is 34.9. The zero-order chi connectivity index (χ0) is 22.9. The largest absolute Gasteiger partial charge is 0.467 e. The average Bonchev–Trinajstić information content (AvgIpc) is 2.71. The van der Waals surface area contributed by atoms with Crippen molar-refractivity contribution in [3.63, 3.8) is 0 Å². The Bertz CT molecular complexity index is 639. The summed E-state index contributed by atoms with van der Waals surface area (Å²) in [7, 11) is 1.62. The highest BCUT2D eigenvalue weighted by molar-refractivity contribution is 5.04. The number of rotatable bonds is 6. The molecule has 2 aliphatic heterocycles. The third-order valence-electron chi connectivity index (χ3n) is 6.22. The van der Waals surface area contributed by atoms with Crippen LogP contribution in [0.3, 0.4) is 0 Å². The lowest BCUT2D eigenvalue weighted by atomic mass is 9.84. The maximum atomic E-state index is 11.0. The molecule has 3 aliphatic rings. The fourth-order valence-electron chi connectivity index (χ4n) is 4.44. The monoisotopic (exact) mass is 447 g/mol. The number of hydrogen-bond donors (Lipinski definition) is 8. The summed E-state index contributed by atoms with van der Waals surface area (Å²) in [5.41, 5.74) is 22.9. The molecule has 1 saturated carbocycles. The molecule has 3 rings (SSSR count). The Kier molecular flexibility index (Phi) is 7.92. The van der Waals surface area contributed by atoms with Gasteiger partial charge in [0.05, 0.1) is 25.2 Å². The lowest BCUT2D eigenvalue weighted by Gasteiger charge is -2.48. The first kappa shape index (κ1) is 24.7. The minimum atomic E-state index is -1.29. The zero-order valence-corrected chi connectivity index (χ0v) is 18.0. The number of ether oxygens (including phenoxy) is 4. The molecule has 180 valence electrons. The topological polar surface area (TPSA) is 214 Å². The van der Waals surface area contributed by atoms with Crippen LogP contribution < -0.4 is 28.3 Å². The van der Waals surface area contributed by atoms with Crippen LogP contribution in [0.4, 0.5) is 0 Å². The maximum absolute atomic E-state index is 11.0. The van der Waals surface area contributed by atoms with Gasteiger partial charge in [0, 0.05) is 12.1 Å². The Morgan fingerprint density at radius 1 is 1.10 bits per heavy atom. The van der Waals surface area contributed by atoms with E-state index in [-0.39, 0.29) is 13.2 Å². The number of nitrogens with two attached hydrogens (primary N) is 4. The highest BCUT2D eigenvalue weighted by Crippen LogP contribution is 2.31. The van der Waals surface area contributed by atoms with E-state index in [0.717, 1.165) is 0 Å². The molecule has 2 fully saturated rings. The molecular weight excluding hydrogens is 410 g/mol. The first-order chi connectivity index (χ1) is 14.6. The number of hydrogen-bond acceptors (Lipinski definition) is 12. The van der Waals surface area contributed by atoms with Gasteiger partial charge in [0.25, 0.3) is 0 Å². The van der Waals surface area contributed by atoms with E-state index in [1.807, 2.05) is 0 Å². The predicted octanol–water partition coefficient (Wildman–Crippen LogP) is -3.85. The van der Waals surface area contributed by atoms with Gasteiger partial charge in [-0.15, -0.1) is 0 Å². The van der Waals surface area contributed by atoms with Crippen LogP contribution in [0.5, 0.6) is 0 Å². The van der Waals surface area contributed by atoms with Crippen molar-refractivity contribution in [3.8, 4) is 0 Å². The Hall–Kier alpha value is -0.900. The maximum Gasteiger partial charge on any atom is 0.215 e. The SMILES string of the molecule is CN[C@@H]1[C@@H](O)[C@@H](O[C@H]2[C@H](N)C[C@H](N)C(O[C@H]3OC(CN)=CC[C@H]3N)[C@@H]2O)OC[C@]1(C)O. The summed E-state index contributed by atoms with van der Waals surface area (Å²) in [5.74, 6) is 0.555. The van der Waals surface area contributed by atoms with E-state index in [1.54, 1.807) is 20.0 Å². The third kappa shape index (κ3) is 5.20. The highest BCUT2D eigenvalue weighted by atomic mass is 16.7. The third-order valence-corrected chi connectivity index (χ3v) is 6.22. The molecule has 12 N–H and O–H groups in total. The molecule has 0 radical (unpaired) electrons. The lowest BCUT2D eigenvalue weighted by molar-refractivity contribution is -0.303. The molecular formula is C19H37N5O7. The molecule has 11 atom stereocenters. The fraction of sp³-hybridized carbons (Fsp3) is 0.895. The molecule has 1 aliphatic carbocycles. The summed E-state index contributed by atoms with van der Waals surface area (Å²) in [6, 6.07) is -2.37. The molecule has 12 heteroatoms. The van der Waals surface area contributed by atoms with E-state index in [9.17, 15) is 15.3 Å². The van der Waals surface area contributed by atoms with Crippen LogP contribution in [0, 0.1) is 0 Å². The van der Waals surface area contributed by atoms with Gasteiger partial charge in [-0.25, -0.2) is 0 Å². The zero-order valence-electron chi connectivity index (χ0n) is 18.0. The lowest BCUT2D eigenvalue weighted by Crippen LogP contribution is -2.68. The van der Waals surface area contributed by atoms with Gasteiger partial charge in [-0.3, -0.25) is 0 Å². The average molecular weight is 448 g/mol. The van der Waals surface area contributed by atoms with E-state index in [4.69, 9.17) is 41.9 Å². The Balaban J connectivity index is 1.69. The van der Waals surface area contributed by atoms with E-state index < -0.39 is 66.8 Å². The van der Waals surface area contributed by atoms with Crippen LogP contribution in [0.25, 0.3) is 0 Å². The van der Waals surface area contributed by atoms with Crippen molar-refractivity contribution in [2.24, 2.45) is 22.9 Å². The van der Waals surface area contributed by atoms with Gasteiger partial charge in [-0.05, 0) is 32.9 Å². The van der Waals surface area contributed by atoms with Gasteiger partial charge in [0.1, 0.15) is 35.8 Å². The van der Waals surface area contributed by atoms with Gasteiger partial charge >= 0.3 is 0 Å². The first-order valence-corrected chi connectivity index (χ1v) is 10.6. The summed E-state index contributed by atoms with van der Waals surface area (Å²) in [6.07, 6.45) is -3.56. The molecule has 1 unspecified atom stereocenters. The summed E-state index contributed by atoms with van der Waals surface area (Å²) >= 11 is 0. The van der Waals surface area contributed by atoms with Gasteiger partial charge < -0.3 is 62.5 Å². The standard InChI is InChI=1S/C19H37N5O7/c1-19(27)7-28-18(13(26)16(19)24-2)31-15-11(23)5-10(22)14(12(15)25)30-17-9(21)4-3-8(6-20)29-17/h3,9-18,24-27H,4-7,20-23H2,1-2H3/t9-,10+,11-,12+,13-,14?,15+,16-,17-,18-,19+/m1/s1. The normalized spacial score (nSPS) is 48.7. The van der Waals surface area contributed by atoms with Crippen molar-refractivity contribution in [1.29, 1.82) is 0 Å². The molecule has 0 spiro atoms. The second kappa shape index (κ2) is 9.93. The van der Waals surface area contributed by atoms with Crippen LogP contribution in [0.1, 0.15) is 19.8 Å². The van der Waals surface area contributed by atoms with Crippen LogP contribution in [-0.2, 0) is 18.9 Å². The summed E-state index contributed by atoms with van der Waals surface area (Å²) in [4.78, 5) is 0. The number of aliphatic hydroxyl groups excluding tert-OH is 2. The van der Waals surface area contributed by atoms with Crippen molar-refractivity contribution in [1.82, 2.24) is 5.32 Å². The fourth-order valence-corrected chi connectivity index (χ4v) is 4.44. The van der Waals surface area contributed by atoms with E-state index >= 15 is 0 Å². The molecule has 1 saturated heterocycles. The molecule has 31 heavy (non-hydrogen) atoms. The Morgan fingerprint density at radius 3 is 2.29 bits per heavy atom. The van der Waals surface area contributed by atoms with Crippen molar-refractivity contribution < 1.29 is 34.3 Å². The number of nitrogens with one attached hydrogen (secondary N) is 1. The Morgan fingerprint density at radius 2 is 1.71 bits per heavy atom. The smallest absolute Gasteiger partial charge is 0.215 e. The van der Waals surface area contributed by atoms with Gasteiger partial charge in [0.15, 0.2) is 6.29 Å². The van der Waals surface area contributed by atoms with Crippen LogP contribution >= 0.6 is 0 Å². The molecule has 0 aromatic heterocycles. The molecule has 0 bridgehead atoms. The summed E-state index contributed by atoms with van der Waals surface area (Å²) < 4.78 is 23.1. The minimum absolute atomic E-state index is 0.0727. The number of aliphatic hydroxyl groups is 3. The number of likely N-dealkylation sites (N-methyl/N-ethyl adjacent to an activating group) is 1. The highest BCUT2D eigenvalue weighted by Gasteiger charge is 2.50. The van der Waals surface area contributed by atoms with Crippen LogP contribution in [0.2, 0.25) is 0 Å². The van der Waals surface area contributed by atoms with Gasteiger partial charge in [-0.1, -0.05) is 0 Å². The quantitative estimate of drug-likeness (QED) is 0.196. The second-order valence-electron chi connectivity index (χ2n) is 8.81. The van der Waals surface area contributed by atoms with Crippen molar-refractivity contribution in [2.45, 2.75) is 86.5 Å². The van der Waals surface area contributed by atoms with Crippen molar-refractivity contribution in [3.05, 3.63) is 11.8 Å². The molecule has 12 nitrogen and oxygen atoms in total. The van der Waals surface area contributed by atoms with Gasteiger partial charge in [0.2, 0.25) is 6.29 Å². The summed E-state index contributed by atoms with van der Waals surface area (Å²) in [6.45, 7) is 1.68. The van der Waals surface area contributed by atoms with E-state index in [2.05, 4.69) is 5.32 Å². The predicted molar refractivity (Wildman–Crippen MR) is 110 cm³/mol. The van der Waals surface area contributed by atoms with Crippen molar-refractivity contribution >= 4 is 0 Å². The van der Waals surface area contributed by atoms with E-state index in [1.165, 1.54) is 0 Å². The first-order valence-electron chi connectivity index (χ1n) is 10.6. The molecule has 0 aromatic rings. The Labute approximate surface area is 181 Å². The molecule has 0 aromatic carbocycles. The molecule has 0 amide bonds. The van der Waals surface area contributed by atoms with Crippen LogP contribution in [-0.4, -0.2) is 102 Å². The van der Waals surface area contributed by atoms with Crippen molar-refractivity contribution in [2.75, 3.05) is 20.2 Å². The van der Waals surface area contributed by atoms with Crippen LogP contribution in [0.15, 0.2) is 11.8 Å². The van der Waals surface area contributed by atoms with E-state index in [0.29, 0.717) is 18.6 Å². The van der Waals surface area contributed by atoms with Gasteiger partial charge in [-0.2, -0.15) is 0 Å². The molecule has 2 heterocycles.